The maximum atomic E-state index is 11.1. The van der Waals surface area contributed by atoms with Gasteiger partial charge in [0, 0.05) is 25.2 Å². The molecule has 10 heavy (non-hydrogen) atoms. The quantitative estimate of drug-likeness (QED) is 0.554. The summed E-state index contributed by atoms with van der Waals surface area (Å²) in [4.78, 5) is 11.1. The molecule has 56 valence electrons. The van der Waals surface area contributed by atoms with Gasteiger partial charge >= 0.3 is 0 Å². The molecule has 0 aromatic carbocycles. The van der Waals surface area contributed by atoms with Gasteiger partial charge in [0.05, 0.1) is 0 Å². The summed E-state index contributed by atoms with van der Waals surface area (Å²) in [6.45, 7) is 0. The third kappa shape index (κ3) is 1.59. The van der Waals surface area contributed by atoms with Crippen molar-refractivity contribution in [2.24, 2.45) is 0 Å². The Hall–Kier alpha value is -0.790. The van der Waals surface area contributed by atoms with Crippen LogP contribution in [0.15, 0.2) is 11.8 Å². The number of Topliss-reactive ketones (excluding diaryl/α,β-unsaturated/α-hetero) is 1. The number of nitrogens with one attached hydrogen (secondary N) is 1. The molecule has 0 amide bonds. The fraction of sp³-hybridized carbons (Fsp3) is 0.625. The van der Waals surface area contributed by atoms with Crippen molar-refractivity contribution in [2.75, 3.05) is 7.05 Å². The smallest absolute Gasteiger partial charge is 0.160 e. The largest absolute Gasteiger partial charge is 0.394 e. The molecular weight excluding hydrogens is 126 g/mol. The van der Waals surface area contributed by atoms with E-state index in [-0.39, 0.29) is 0 Å². The van der Waals surface area contributed by atoms with Crippen LogP contribution in [-0.2, 0) is 4.79 Å². The Kier molecular flexibility index (Phi) is 2.49. The van der Waals surface area contributed by atoms with Crippen molar-refractivity contribution < 1.29 is 4.79 Å². The zero-order chi connectivity index (χ0) is 7.40. The van der Waals surface area contributed by atoms with Crippen LogP contribution >= 0.6 is 0 Å². The molecule has 0 bridgehead atoms. The lowest BCUT2D eigenvalue weighted by Crippen LogP contribution is -2.11. The Morgan fingerprint density at radius 3 is 2.70 bits per heavy atom. The molecule has 2 heteroatoms. The lowest BCUT2D eigenvalue weighted by molar-refractivity contribution is -0.116. The highest BCUT2D eigenvalue weighted by Crippen LogP contribution is 2.18. The van der Waals surface area contributed by atoms with E-state index < -0.39 is 0 Å². The van der Waals surface area contributed by atoms with Crippen molar-refractivity contribution >= 4 is 5.78 Å². The fourth-order valence-electron chi connectivity index (χ4n) is 1.23. The maximum absolute atomic E-state index is 11.1. The van der Waals surface area contributed by atoms with Gasteiger partial charge in [-0.15, -0.1) is 0 Å². The van der Waals surface area contributed by atoms with Crippen molar-refractivity contribution in [3.8, 4) is 0 Å². The highest BCUT2D eigenvalue weighted by Gasteiger charge is 2.13. The van der Waals surface area contributed by atoms with Gasteiger partial charge < -0.3 is 5.32 Å². The summed E-state index contributed by atoms with van der Waals surface area (Å²) in [5, 5.41) is 2.88. The Morgan fingerprint density at radius 1 is 1.40 bits per heavy atom. The molecule has 2 nitrogen and oxygen atoms in total. The zero-order valence-corrected chi connectivity index (χ0v) is 6.31. The molecule has 0 aromatic heterocycles. The third-order valence-corrected chi connectivity index (χ3v) is 1.78. The van der Waals surface area contributed by atoms with Crippen LogP contribution in [0.25, 0.3) is 0 Å². The monoisotopic (exact) mass is 139 g/mol. The first kappa shape index (κ1) is 7.32. The van der Waals surface area contributed by atoms with Gasteiger partial charge in [0.25, 0.3) is 0 Å². The number of rotatable bonds is 1. The lowest BCUT2D eigenvalue weighted by Gasteiger charge is -2.11. The third-order valence-electron chi connectivity index (χ3n) is 1.78. The van der Waals surface area contributed by atoms with E-state index in [4.69, 9.17) is 0 Å². The zero-order valence-electron chi connectivity index (χ0n) is 6.31. The Bertz CT molecular complexity index is 161. The lowest BCUT2D eigenvalue weighted by atomic mass is 9.94. The minimum atomic E-state index is 0.320. The fourth-order valence-corrected chi connectivity index (χ4v) is 1.23. The average Bonchev–Trinajstić information content (AvgIpc) is 1.94. The van der Waals surface area contributed by atoms with Crippen LogP contribution in [0, 0.1) is 0 Å². The standard InChI is InChI=1S/C8H13NO/c1-9-6-7-4-2-3-5-8(7)10/h6,9H,2-5H2,1H3. The van der Waals surface area contributed by atoms with E-state index in [0.717, 1.165) is 24.8 Å². The number of ketones is 1. The second kappa shape index (κ2) is 3.40. The maximum Gasteiger partial charge on any atom is 0.160 e. The summed E-state index contributed by atoms with van der Waals surface area (Å²) in [5.74, 6) is 0.320. The number of allylic oxidation sites excluding steroid dienone is 1. The number of hydrogen-bond acceptors (Lipinski definition) is 2. The van der Waals surface area contributed by atoms with Crippen LogP contribution in [0.1, 0.15) is 25.7 Å². The van der Waals surface area contributed by atoms with E-state index in [1.165, 1.54) is 6.42 Å². The van der Waals surface area contributed by atoms with Crippen molar-refractivity contribution in [3.05, 3.63) is 11.8 Å². The van der Waals surface area contributed by atoms with Gasteiger partial charge in [-0.25, -0.2) is 0 Å². The first-order chi connectivity index (χ1) is 4.84. The second-order valence-electron chi connectivity index (χ2n) is 2.59. The summed E-state index contributed by atoms with van der Waals surface area (Å²) in [6.07, 6.45) is 5.76. The van der Waals surface area contributed by atoms with E-state index in [9.17, 15) is 4.79 Å². The minimum absolute atomic E-state index is 0.320. The number of carbonyl (C=O) groups excluding carboxylic acids is 1. The van der Waals surface area contributed by atoms with Crippen molar-refractivity contribution in [2.45, 2.75) is 25.7 Å². The van der Waals surface area contributed by atoms with Crippen LogP contribution in [0.5, 0.6) is 0 Å². The average molecular weight is 139 g/mol. The number of hydrogen-bond donors (Lipinski definition) is 1. The Morgan fingerprint density at radius 2 is 2.10 bits per heavy atom. The minimum Gasteiger partial charge on any atom is -0.394 e. The molecule has 1 aliphatic carbocycles. The molecule has 0 aromatic rings. The van der Waals surface area contributed by atoms with Gasteiger partial charge in [0.15, 0.2) is 5.78 Å². The van der Waals surface area contributed by atoms with E-state index in [2.05, 4.69) is 5.32 Å². The molecule has 0 spiro atoms. The highest BCUT2D eigenvalue weighted by molar-refractivity contribution is 5.95. The molecule has 0 atom stereocenters. The summed E-state index contributed by atoms with van der Waals surface area (Å²) in [6, 6.07) is 0. The summed E-state index contributed by atoms with van der Waals surface area (Å²) in [5.41, 5.74) is 0.966. The predicted octanol–water partition coefficient (Wildman–Crippen LogP) is 1.23. The molecule has 0 heterocycles. The van der Waals surface area contributed by atoms with Crippen molar-refractivity contribution in [1.82, 2.24) is 5.32 Å². The van der Waals surface area contributed by atoms with Crippen molar-refractivity contribution in [3.63, 3.8) is 0 Å². The second-order valence-corrected chi connectivity index (χ2v) is 2.59. The molecule has 1 N–H and O–H groups in total. The van der Waals surface area contributed by atoms with E-state index in [1.807, 2.05) is 13.2 Å². The van der Waals surface area contributed by atoms with E-state index in [1.54, 1.807) is 0 Å². The highest BCUT2D eigenvalue weighted by atomic mass is 16.1. The van der Waals surface area contributed by atoms with Gasteiger partial charge in [0.1, 0.15) is 0 Å². The molecule has 0 aliphatic heterocycles. The van der Waals surface area contributed by atoms with E-state index in [0.29, 0.717) is 5.78 Å². The predicted molar refractivity (Wildman–Crippen MR) is 40.6 cm³/mol. The van der Waals surface area contributed by atoms with Crippen LogP contribution in [0.4, 0.5) is 0 Å². The van der Waals surface area contributed by atoms with Gasteiger partial charge in [-0.2, -0.15) is 0 Å². The molecule has 0 saturated heterocycles. The molecule has 1 saturated carbocycles. The van der Waals surface area contributed by atoms with Crippen molar-refractivity contribution in [1.29, 1.82) is 0 Å². The number of carbonyl (C=O) groups is 1. The van der Waals surface area contributed by atoms with Crippen LogP contribution in [-0.4, -0.2) is 12.8 Å². The first-order valence-corrected chi connectivity index (χ1v) is 3.74. The first-order valence-electron chi connectivity index (χ1n) is 3.74. The van der Waals surface area contributed by atoms with Gasteiger partial charge in [-0.3, -0.25) is 4.79 Å². The van der Waals surface area contributed by atoms with Crippen LogP contribution in [0.2, 0.25) is 0 Å². The SMILES string of the molecule is CNC=C1CCCCC1=O. The molecule has 1 aliphatic rings. The molecule has 0 radical (unpaired) electrons. The summed E-state index contributed by atoms with van der Waals surface area (Å²) >= 11 is 0. The molecule has 0 unspecified atom stereocenters. The van der Waals surface area contributed by atoms with Gasteiger partial charge in [-0.1, -0.05) is 0 Å². The molecule has 1 fully saturated rings. The van der Waals surface area contributed by atoms with Crippen LogP contribution in [0.3, 0.4) is 0 Å². The topological polar surface area (TPSA) is 29.1 Å². The Balaban J connectivity index is 2.56. The normalized spacial score (nSPS) is 23.3. The Labute approximate surface area is 61.3 Å². The van der Waals surface area contributed by atoms with Crippen LogP contribution < -0.4 is 5.32 Å². The molecule has 1 rings (SSSR count). The van der Waals surface area contributed by atoms with E-state index >= 15 is 0 Å². The van der Waals surface area contributed by atoms with Gasteiger partial charge in [0.2, 0.25) is 0 Å². The summed E-state index contributed by atoms with van der Waals surface area (Å²) in [7, 11) is 1.83. The molecular formula is C8H13NO. The van der Waals surface area contributed by atoms with Gasteiger partial charge in [-0.05, 0) is 19.3 Å². The summed E-state index contributed by atoms with van der Waals surface area (Å²) < 4.78 is 0.